The van der Waals surface area contributed by atoms with Gasteiger partial charge >= 0.3 is 0 Å². The van der Waals surface area contributed by atoms with Crippen LogP contribution in [-0.2, 0) is 0 Å². The van der Waals surface area contributed by atoms with Gasteiger partial charge in [-0.1, -0.05) is 19.9 Å². The molecule has 0 fully saturated rings. The maximum Gasteiger partial charge on any atom is 0.265 e. The summed E-state index contributed by atoms with van der Waals surface area (Å²) in [6, 6.07) is 10.7. The van der Waals surface area contributed by atoms with E-state index in [0.717, 1.165) is 11.3 Å². The molecule has 0 spiro atoms. The van der Waals surface area contributed by atoms with Gasteiger partial charge in [0.15, 0.2) is 0 Å². The monoisotopic (exact) mass is 308 g/mol. The number of phenols is 1. The van der Waals surface area contributed by atoms with Gasteiger partial charge in [0.2, 0.25) is 0 Å². The predicted molar refractivity (Wildman–Crippen MR) is 92.6 cm³/mol. The largest absolute Gasteiger partial charge is 0.508 e. The molecule has 0 amide bonds. The Morgan fingerprint density at radius 2 is 1.78 bits per heavy atom. The standard InChI is InChI=1S/C19H20N2O2/c1-11(2)18-20-17-10-15(22)7-8-16(17)19(23)21(18)14-6-5-12(3)13(4)9-14/h5-11,22H,1-4H3. The summed E-state index contributed by atoms with van der Waals surface area (Å²) in [6.45, 7) is 8.10. The molecule has 0 aliphatic heterocycles. The van der Waals surface area contributed by atoms with Gasteiger partial charge < -0.3 is 5.11 Å². The average Bonchev–Trinajstić information content (AvgIpc) is 2.49. The Kier molecular flexibility index (Phi) is 3.68. The molecule has 1 N–H and O–H groups in total. The first-order valence-corrected chi connectivity index (χ1v) is 7.72. The van der Waals surface area contributed by atoms with E-state index in [1.54, 1.807) is 10.6 Å². The Morgan fingerprint density at radius 1 is 1.04 bits per heavy atom. The maximum atomic E-state index is 13.0. The second-order valence-corrected chi connectivity index (χ2v) is 6.24. The highest BCUT2D eigenvalue weighted by atomic mass is 16.3. The Bertz CT molecular complexity index is 955. The van der Waals surface area contributed by atoms with Crippen LogP contribution in [0.5, 0.6) is 5.75 Å². The van der Waals surface area contributed by atoms with Crippen LogP contribution in [0, 0.1) is 13.8 Å². The summed E-state index contributed by atoms with van der Waals surface area (Å²) in [4.78, 5) is 17.6. The van der Waals surface area contributed by atoms with Gasteiger partial charge in [-0.15, -0.1) is 0 Å². The molecule has 0 saturated heterocycles. The van der Waals surface area contributed by atoms with Crippen molar-refractivity contribution in [1.29, 1.82) is 0 Å². The van der Waals surface area contributed by atoms with Crippen LogP contribution < -0.4 is 5.56 Å². The molecule has 2 aromatic carbocycles. The zero-order valence-corrected chi connectivity index (χ0v) is 13.8. The Hall–Kier alpha value is -2.62. The molecule has 0 radical (unpaired) electrons. The molecular weight excluding hydrogens is 288 g/mol. The maximum absolute atomic E-state index is 13.0. The first-order chi connectivity index (χ1) is 10.9. The number of aromatic hydroxyl groups is 1. The van der Waals surface area contributed by atoms with Crippen LogP contribution >= 0.6 is 0 Å². The lowest BCUT2D eigenvalue weighted by Crippen LogP contribution is -2.24. The van der Waals surface area contributed by atoms with Crippen molar-refractivity contribution in [2.75, 3.05) is 0 Å². The first kappa shape index (κ1) is 15.3. The summed E-state index contributed by atoms with van der Waals surface area (Å²) in [5.41, 5.74) is 3.56. The second kappa shape index (κ2) is 5.54. The molecule has 23 heavy (non-hydrogen) atoms. The predicted octanol–water partition coefficient (Wildman–Crippen LogP) is 3.83. The molecule has 0 saturated carbocycles. The number of phenolic OH excluding ortho intramolecular Hbond substituents is 1. The summed E-state index contributed by atoms with van der Waals surface area (Å²) < 4.78 is 1.68. The fraction of sp³-hybridized carbons (Fsp3) is 0.263. The van der Waals surface area contributed by atoms with Crippen molar-refractivity contribution < 1.29 is 5.11 Å². The molecule has 0 aliphatic rings. The lowest BCUT2D eigenvalue weighted by Gasteiger charge is -2.17. The zero-order chi connectivity index (χ0) is 16.7. The third-order valence-electron chi connectivity index (χ3n) is 4.14. The molecular formula is C19H20N2O2. The smallest absolute Gasteiger partial charge is 0.265 e. The summed E-state index contributed by atoms with van der Waals surface area (Å²) >= 11 is 0. The molecule has 4 nitrogen and oxygen atoms in total. The molecule has 0 unspecified atom stereocenters. The molecule has 1 aromatic heterocycles. The summed E-state index contributed by atoms with van der Waals surface area (Å²) in [6.07, 6.45) is 0. The summed E-state index contributed by atoms with van der Waals surface area (Å²) in [7, 11) is 0. The van der Waals surface area contributed by atoms with Crippen LogP contribution in [-0.4, -0.2) is 14.7 Å². The van der Waals surface area contributed by atoms with Crippen molar-refractivity contribution in [3.05, 3.63) is 63.7 Å². The quantitative estimate of drug-likeness (QED) is 0.782. The van der Waals surface area contributed by atoms with Crippen LogP contribution in [0.25, 0.3) is 16.6 Å². The van der Waals surface area contributed by atoms with Gasteiger partial charge in [-0.2, -0.15) is 0 Å². The van der Waals surface area contributed by atoms with Gasteiger partial charge in [-0.05, 0) is 49.2 Å². The van der Waals surface area contributed by atoms with Crippen molar-refractivity contribution >= 4 is 10.9 Å². The zero-order valence-electron chi connectivity index (χ0n) is 13.8. The molecule has 1 heterocycles. The van der Waals surface area contributed by atoms with Crippen molar-refractivity contribution in [2.45, 2.75) is 33.6 Å². The number of benzene rings is 2. The topological polar surface area (TPSA) is 55.1 Å². The minimum Gasteiger partial charge on any atom is -0.508 e. The van der Waals surface area contributed by atoms with Gasteiger partial charge in [0.25, 0.3) is 5.56 Å². The summed E-state index contributed by atoms with van der Waals surface area (Å²) in [5.74, 6) is 0.885. The van der Waals surface area contributed by atoms with Crippen LogP contribution in [0.3, 0.4) is 0 Å². The van der Waals surface area contributed by atoms with Crippen LogP contribution in [0.4, 0.5) is 0 Å². The Morgan fingerprint density at radius 3 is 2.43 bits per heavy atom. The van der Waals surface area contributed by atoms with Crippen molar-refractivity contribution in [3.63, 3.8) is 0 Å². The van der Waals surface area contributed by atoms with Crippen molar-refractivity contribution in [3.8, 4) is 11.4 Å². The number of rotatable bonds is 2. The van der Waals surface area contributed by atoms with Crippen LogP contribution in [0.1, 0.15) is 36.7 Å². The minimum absolute atomic E-state index is 0.0797. The first-order valence-electron chi connectivity index (χ1n) is 7.72. The van der Waals surface area contributed by atoms with Crippen LogP contribution in [0.2, 0.25) is 0 Å². The highest BCUT2D eigenvalue weighted by molar-refractivity contribution is 5.79. The number of nitrogens with zero attached hydrogens (tertiary/aromatic N) is 2. The number of fused-ring (bicyclic) bond motifs is 1. The van der Waals surface area contributed by atoms with Crippen LogP contribution in [0.15, 0.2) is 41.2 Å². The Labute approximate surface area is 135 Å². The molecule has 0 bridgehead atoms. The SMILES string of the molecule is Cc1ccc(-n2c(C(C)C)nc3cc(O)ccc3c2=O)cc1C. The molecule has 0 atom stereocenters. The van der Waals surface area contributed by atoms with Gasteiger partial charge in [-0.3, -0.25) is 9.36 Å². The van der Waals surface area contributed by atoms with E-state index >= 15 is 0 Å². The van der Waals surface area contributed by atoms with E-state index in [1.165, 1.54) is 17.7 Å². The molecule has 118 valence electrons. The number of hydrogen-bond donors (Lipinski definition) is 1. The second-order valence-electron chi connectivity index (χ2n) is 6.24. The van der Waals surface area contributed by atoms with E-state index in [-0.39, 0.29) is 17.2 Å². The highest BCUT2D eigenvalue weighted by Crippen LogP contribution is 2.22. The average molecular weight is 308 g/mol. The van der Waals surface area contributed by atoms with E-state index in [0.29, 0.717) is 16.7 Å². The third kappa shape index (κ3) is 2.61. The van der Waals surface area contributed by atoms with Crippen molar-refractivity contribution in [1.82, 2.24) is 9.55 Å². The fourth-order valence-electron chi connectivity index (χ4n) is 2.69. The molecule has 0 aliphatic carbocycles. The fourth-order valence-corrected chi connectivity index (χ4v) is 2.69. The highest BCUT2D eigenvalue weighted by Gasteiger charge is 2.16. The number of aryl methyl sites for hydroxylation is 2. The lowest BCUT2D eigenvalue weighted by molar-refractivity contribution is 0.476. The van der Waals surface area contributed by atoms with Gasteiger partial charge in [-0.25, -0.2) is 4.98 Å². The van der Waals surface area contributed by atoms with Gasteiger partial charge in [0.1, 0.15) is 11.6 Å². The minimum atomic E-state index is -0.109. The van der Waals surface area contributed by atoms with E-state index in [9.17, 15) is 9.90 Å². The molecule has 3 aromatic rings. The van der Waals surface area contributed by atoms with E-state index in [4.69, 9.17) is 0 Å². The van der Waals surface area contributed by atoms with Gasteiger partial charge in [0.05, 0.1) is 16.6 Å². The lowest BCUT2D eigenvalue weighted by atomic mass is 10.1. The molecule has 3 rings (SSSR count). The Balaban J connectivity index is 2.40. The van der Waals surface area contributed by atoms with Crippen molar-refractivity contribution in [2.24, 2.45) is 0 Å². The van der Waals surface area contributed by atoms with E-state index < -0.39 is 0 Å². The van der Waals surface area contributed by atoms with E-state index in [2.05, 4.69) is 4.98 Å². The third-order valence-corrected chi connectivity index (χ3v) is 4.14. The normalized spacial score (nSPS) is 11.3. The summed E-state index contributed by atoms with van der Waals surface area (Å²) in [5, 5.41) is 10.2. The number of hydrogen-bond acceptors (Lipinski definition) is 3. The number of aromatic nitrogens is 2. The van der Waals surface area contributed by atoms with Gasteiger partial charge in [0, 0.05) is 12.0 Å². The van der Waals surface area contributed by atoms with E-state index in [1.807, 2.05) is 45.9 Å². The molecule has 4 heteroatoms.